The molecule has 5 heteroatoms. The van der Waals surface area contributed by atoms with E-state index in [1.165, 1.54) is 6.42 Å². The first-order valence-corrected chi connectivity index (χ1v) is 9.23. The summed E-state index contributed by atoms with van der Waals surface area (Å²) in [5.74, 6) is 2.81. The minimum absolute atomic E-state index is 0.355. The minimum atomic E-state index is 0.355. The molecule has 3 unspecified atom stereocenters. The molecule has 1 aromatic rings. The fourth-order valence-electron chi connectivity index (χ4n) is 4.44. The summed E-state index contributed by atoms with van der Waals surface area (Å²) in [6.45, 7) is 1.71. The molecule has 2 bridgehead atoms. The number of nitrogens with zero attached hydrogens (tertiary/aromatic N) is 3. The van der Waals surface area contributed by atoms with Gasteiger partial charge in [-0.3, -0.25) is 9.98 Å². The molecule has 3 aliphatic rings. The van der Waals surface area contributed by atoms with E-state index in [1.807, 2.05) is 36.7 Å². The lowest BCUT2D eigenvalue weighted by Crippen LogP contribution is -2.51. The third-order valence-corrected chi connectivity index (χ3v) is 5.62. The first kappa shape index (κ1) is 16.2. The SMILES string of the molecule is O=C=C(C1=CCC=N1)N(Cc1ccccn1)C1CCC2CC1CCN2. The summed E-state index contributed by atoms with van der Waals surface area (Å²) in [6, 6.07) is 6.94. The Morgan fingerprint density at radius 3 is 3.04 bits per heavy atom. The normalized spacial score (nSPS) is 27.5. The number of nitrogens with one attached hydrogen (secondary N) is 1. The summed E-state index contributed by atoms with van der Waals surface area (Å²) in [4.78, 5) is 23.0. The molecule has 4 rings (SSSR count). The van der Waals surface area contributed by atoms with Crippen molar-refractivity contribution in [1.82, 2.24) is 15.2 Å². The third kappa shape index (κ3) is 3.44. The molecule has 1 aromatic heterocycles. The second-order valence-electron chi connectivity index (χ2n) is 7.12. The zero-order valence-corrected chi connectivity index (χ0v) is 14.4. The van der Waals surface area contributed by atoms with Gasteiger partial charge in [-0.15, -0.1) is 0 Å². The summed E-state index contributed by atoms with van der Waals surface area (Å²) in [5, 5.41) is 3.61. The van der Waals surface area contributed by atoms with Crippen molar-refractivity contribution in [3.63, 3.8) is 0 Å². The fourth-order valence-corrected chi connectivity index (χ4v) is 4.44. The summed E-state index contributed by atoms with van der Waals surface area (Å²) < 4.78 is 0. The molecule has 2 fully saturated rings. The van der Waals surface area contributed by atoms with Crippen molar-refractivity contribution in [1.29, 1.82) is 0 Å². The molecule has 1 aliphatic carbocycles. The average Bonchev–Trinajstić information content (AvgIpc) is 3.17. The minimum Gasteiger partial charge on any atom is -0.352 e. The third-order valence-electron chi connectivity index (χ3n) is 5.62. The molecule has 0 amide bonds. The lowest BCUT2D eigenvalue weighted by Gasteiger charge is -2.46. The summed E-state index contributed by atoms with van der Waals surface area (Å²) in [6.07, 6.45) is 11.1. The Hall–Kier alpha value is -2.23. The highest BCUT2D eigenvalue weighted by molar-refractivity contribution is 5.71. The lowest BCUT2D eigenvalue weighted by molar-refractivity contribution is 0.0886. The molecule has 25 heavy (non-hydrogen) atoms. The van der Waals surface area contributed by atoms with Crippen LogP contribution >= 0.6 is 0 Å². The van der Waals surface area contributed by atoms with Gasteiger partial charge in [-0.05, 0) is 50.3 Å². The maximum atomic E-state index is 11.9. The van der Waals surface area contributed by atoms with Gasteiger partial charge in [0.15, 0.2) is 5.94 Å². The van der Waals surface area contributed by atoms with E-state index in [0.717, 1.165) is 43.6 Å². The van der Waals surface area contributed by atoms with E-state index in [2.05, 4.69) is 26.1 Å². The topological polar surface area (TPSA) is 57.6 Å². The van der Waals surface area contributed by atoms with Crippen LogP contribution in [-0.2, 0) is 11.3 Å². The summed E-state index contributed by atoms with van der Waals surface area (Å²) >= 11 is 0. The first-order valence-electron chi connectivity index (χ1n) is 9.23. The zero-order chi connectivity index (χ0) is 17.1. The molecular formula is C20H24N4O. The number of allylic oxidation sites excluding steroid dienone is 1. The van der Waals surface area contributed by atoms with Crippen molar-refractivity contribution >= 4 is 12.2 Å². The second-order valence-corrected chi connectivity index (χ2v) is 7.12. The number of aliphatic imine (C=N–C) groups is 1. The largest absolute Gasteiger partial charge is 0.352 e. The van der Waals surface area contributed by atoms with Crippen LogP contribution in [0.3, 0.4) is 0 Å². The average molecular weight is 336 g/mol. The van der Waals surface area contributed by atoms with E-state index in [-0.39, 0.29) is 0 Å². The van der Waals surface area contributed by atoms with E-state index >= 15 is 0 Å². The van der Waals surface area contributed by atoms with Crippen LogP contribution in [0, 0.1) is 5.92 Å². The van der Waals surface area contributed by atoms with Gasteiger partial charge in [-0.2, -0.15) is 0 Å². The van der Waals surface area contributed by atoms with Gasteiger partial charge in [0.05, 0.1) is 17.9 Å². The molecule has 1 N–H and O–H groups in total. The molecule has 3 atom stereocenters. The number of fused-ring (bicyclic) bond motifs is 2. The molecule has 1 saturated carbocycles. The van der Waals surface area contributed by atoms with Crippen LogP contribution in [0.25, 0.3) is 0 Å². The quantitative estimate of drug-likeness (QED) is 0.840. The smallest absolute Gasteiger partial charge is 0.152 e. The Morgan fingerprint density at radius 1 is 1.32 bits per heavy atom. The van der Waals surface area contributed by atoms with Crippen LogP contribution in [0.4, 0.5) is 0 Å². The predicted molar refractivity (Wildman–Crippen MR) is 97.7 cm³/mol. The Morgan fingerprint density at radius 2 is 2.28 bits per heavy atom. The maximum Gasteiger partial charge on any atom is 0.152 e. The number of aromatic nitrogens is 1. The Balaban J connectivity index is 1.65. The van der Waals surface area contributed by atoms with Gasteiger partial charge in [0, 0.05) is 30.9 Å². The standard InChI is InChI=1S/C20H24N4O/c25-14-20(18-5-3-10-23-18)24(13-17-4-1-2-9-21-17)19-7-6-16-12-15(19)8-11-22-16/h1-2,4-5,9-10,15-16,19,22H,3,6-8,11-13H2. The predicted octanol–water partition coefficient (Wildman–Crippen LogP) is 2.49. The molecule has 5 nitrogen and oxygen atoms in total. The molecule has 0 aromatic carbocycles. The molecule has 0 radical (unpaired) electrons. The number of hydrogen-bond acceptors (Lipinski definition) is 5. The van der Waals surface area contributed by atoms with Crippen molar-refractivity contribution in [3.8, 4) is 0 Å². The summed E-state index contributed by atoms with van der Waals surface area (Å²) in [5.41, 5.74) is 2.34. The van der Waals surface area contributed by atoms with Gasteiger partial charge < -0.3 is 10.2 Å². The maximum absolute atomic E-state index is 11.9. The molecule has 1 saturated heterocycles. The number of carbonyl (C=O) groups excluding carboxylic acids is 1. The molecule has 2 aliphatic heterocycles. The van der Waals surface area contributed by atoms with Gasteiger partial charge in [0.2, 0.25) is 0 Å². The molecule has 0 spiro atoms. The van der Waals surface area contributed by atoms with Crippen LogP contribution in [0.2, 0.25) is 0 Å². The highest BCUT2D eigenvalue weighted by Gasteiger charge is 2.38. The number of piperidine rings is 1. The van der Waals surface area contributed by atoms with Gasteiger partial charge >= 0.3 is 0 Å². The van der Waals surface area contributed by atoms with Crippen molar-refractivity contribution in [3.05, 3.63) is 47.6 Å². The van der Waals surface area contributed by atoms with E-state index < -0.39 is 0 Å². The van der Waals surface area contributed by atoms with Crippen LogP contribution in [-0.4, -0.2) is 40.7 Å². The van der Waals surface area contributed by atoms with E-state index in [0.29, 0.717) is 30.2 Å². The monoisotopic (exact) mass is 336 g/mol. The van der Waals surface area contributed by atoms with Gasteiger partial charge in [-0.25, -0.2) is 4.79 Å². The van der Waals surface area contributed by atoms with Crippen LogP contribution in [0.5, 0.6) is 0 Å². The van der Waals surface area contributed by atoms with Gasteiger partial charge in [0.25, 0.3) is 0 Å². The number of hydrogen-bond donors (Lipinski definition) is 1. The molecule has 3 heterocycles. The molecule has 130 valence electrons. The highest BCUT2D eigenvalue weighted by atomic mass is 16.1. The Kier molecular flexibility index (Phi) is 4.77. The number of pyridine rings is 1. The molecular weight excluding hydrogens is 312 g/mol. The van der Waals surface area contributed by atoms with Crippen LogP contribution in [0.15, 0.2) is 46.9 Å². The van der Waals surface area contributed by atoms with E-state index in [9.17, 15) is 4.79 Å². The van der Waals surface area contributed by atoms with Crippen LogP contribution < -0.4 is 5.32 Å². The van der Waals surface area contributed by atoms with Crippen molar-refractivity contribution in [2.75, 3.05) is 6.54 Å². The van der Waals surface area contributed by atoms with Crippen molar-refractivity contribution in [2.24, 2.45) is 10.9 Å². The van der Waals surface area contributed by atoms with Crippen LogP contribution in [0.1, 0.15) is 37.8 Å². The summed E-state index contributed by atoms with van der Waals surface area (Å²) in [7, 11) is 0. The lowest BCUT2D eigenvalue weighted by atomic mass is 9.76. The van der Waals surface area contributed by atoms with Gasteiger partial charge in [0.1, 0.15) is 5.70 Å². The van der Waals surface area contributed by atoms with E-state index in [1.54, 1.807) is 0 Å². The Bertz CT molecular complexity index is 720. The van der Waals surface area contributed by atoms with Crippen molar-refractivity contribution in [2.45, 2.75) is 50.7 Å². The highest BCUT2D eigenvalue weighted by Crippen LogP contribution is 2.37. The second kappa shape index (κ2) is 7.34. The van der Waals surface area contributed by atoms with Gasteiger partial charge in [-0.1, -0.05) is 12.1 Å². The van der Waals surface area contributed by atoms with E-state index in [4.69, 9.17) is 0 Å². The number of rotatable bonds is 5. The zero-order valence-electron chi connectivity index (χ0n) is 14.4. The van der Waals surface area contributed by atoms with Crippen molar-refractivity contribution < 1.29 is 4.79 Å². The Labute approximate surface area is 148 Å². The first-order chi connectivity index (χ1) is 12.3. The fraction of sp³-hybridized carbons (Fsp3) is 0.500.